The Morgan fingerprint density at radius 2 is 1.65 bits per heavy atom. The Morgan fingerprint density at radius 3 is 2.35 bits per heavy atom. The van der Waals surface area contributed by atoms with Gasteiger partial charge in [0.25, 0.3) is 0 Å². The van der Waals surface area contributed by atoms with Gasteiger partial charge >= 0.3 is 5.97 Å². The zero-order chi connectivity index (χ0) is 23.8. The Kier molecular flexibility index (Phi) is 7.81. The van der Waals surface area contributed by atoms with E-state index in [0.717, 1.165) is 16.7 Å². The van der Waals surface area contributed by atoms with Crippen LogP contribution in [0.2, 0.25) is 0 Å². The quantitative estimate of drug-likeness (QED) is 0.329. The highest BCUT2D eigenvalue weighted by Gasteiger charge is 2.22. The first kappa shape index (κ1) is 23.4. The van der Waals surface area contributed by atoms with Crippen LogP contribution < -0.4 is 14.2 Å². The Labute approximate surface area is 199 Å². The maximum Gasteiger partial charge on any atom is 0.303 e. The molecule has 1 fully saturated rings. The topological polar surface area (TPSA) is 88.8 Å². The standard InChI is InChI=1S/C28H29NO5/c29-26(22-4-2-1-3-5-22)19-33-24-12-8-21(9-13-24)17-32-25-14-10-23(11-15-28(30)31)27(16-25)34-18-20-6-7-20/h1-5,8-10,12-14,16,20,29H,6-7,11,15,17-19H2,(H,30,31). The van der Waals surface area contributed by atoms with Gasteiger partial charge in [0.05, 0.1) is 12.3 Å². The summed E-state index contributed by atoms with van der Waals surface area (Å²) in [6.07, 6.45) is 2.87. The first-order chi connectivity index (χ1) is 16.6. The molecule has 6 heteroatoms. The van der Waals surface area contributed by atoms with Gasteiger partial charge in [0, 0.05) is 12.5 Å². The number of ether oxygens (including phenoxy) is 3. The van der Waals surface area contributed by atoms with Gasteiger partial charge in [0.1, 0.15) is 30.5 Å². The van der Waals surface area contributed by atoms with E-state index in [-0.39, 0.29) is 13.0 Å². The summed E-state index contributed by atoms with van der Waals surface area (Å²) < 4.78 is 17.7. The van der Waals surface area contributed by atoms with Gasteiger partial charge < -0.3 is 24.7 Å². The number of hydrogen-bond donors (Lipinski definition) is 2. The summed E-state index contributed by atoms with van der Waals surface area (Å²) in [6, 6.07) is 22.7. The summed E-state index contributed by atoms with van der Waals surface area (Å²) in [5.41, 5.74) is 3.15. The Morgan fingerprint density at radius 1 is 0.912 bits per heavy atom. The minimum atomic E-state index is -0.821. The fourth-order valence-corrected chi connectivity index (χ4v) is 3.43. The van der Waals surface area contributed by atoms with Crippen molar-refractivity contribution in [3.63, 3.8) is 0 Å². The van der Waals surface area contributed by atoms with Crippen molar-refractivity contribution in [2.75, 3.05) is 13.2 Å². The smallest absolute Gasteiger partial charge is 0.303 e. The van der Waals surface area contributed by atoms with Crippen molar-refractivity contribution in [2.45, 2.75) is 32.3 Å². The summed E-state index contributed by atoms with van der Waals surface area (Å²) in [5.74, 6) is 1.87. The van der Waals surface area contributed by atoms with Gasteiger partial charge in [-0.25, -0.2) is 0 Å². The first-order valence-electron chi connectivity index (χ1n) is 11.5. The third-order valence-corrected chi connectivity index (χ3v) is 5.65. The highest BCUT2D eigenvalue weighted by atomic mass is 16.5. The number of carbonyl (C=O) groups is 1. The maximum atomic E-state index is 11.0. The summed E-state index contributed by atoms with van der Waals surface area (Å²) in [4.78, 5) is 11.0. The average Bonchev–Trinajstić information content (AvgIpc) is 3.69. The molecule has 0 amide bonds. The van der Waals surface area contributed by atoms with Crippen LogP contribution in [0.5, 0.6) is 17.2 Å². The van der Waals surface area contributed by atoms with E-state index in [0.29, 0.717) is 48.5 Å². The molecule has 0 aromatic heterocycles. The fourth-order valence-electron chi connectivity index (χ4n) is 3.43. The van der Waals surface area contributed by atoms with Gasteiger partial charge in [-0.1, -0.05) is 48.5 Å². The van der Waals surface area contributed by atoms with Crippen LogP contribution in [0, 0.1) is 11.3 Å². The van der Waals surface area contributed by atoms with Crippen molar-refractivity contribution in [1.29, 1.82) is 5.41 Å². The molecule has 6 nitrogen and oxygen atoms in total. The molecule has 176 valence electrons. The van der Waals surface area contributed by atoms with Crippen molar-refractivity contribution < 1.29 is 24.1 Å². The molecular weight excluding hydrogens is 430 g/mol. The zero-order valence-electron chi connectivity index (χ0n) is 19.0. The predicted octanol–water partition coefficient (Wildman–Crippen LogP) is 5.52. The minimum absolute atomic E-state index is 0.0687. The lowest BCUT2D eigenvalue weighted by Gasteiger charge is -2.14. The molecule has 1 aliphatic carbocycles. The van der Waals surface area contributed by atoms with E-state index in [1.54, 1.807) is 0 Å². The second-order valence-electron chi connectivity index (χ2n) is 8.48. The van der Waals surface area contributed by atoms with Gasteiger partial charge in [-0.3, -0.25) is 4.79 Å². The van der Waals surface area contributed by atoms with Crippen LogP contribution in [0.25, 0.3) is 0 Å². The van der Waals surface area contributed by atoms with Crippen LogP contribution in [0.3, 0.4) is 0 Å². The number of aliphatic carboxylic acids is 1. The number of aryl methyl sites for hydroxylation is 1. The third kappa shape index (κ3) is 7.10. The van der Waals surface area contributed by atoms with E-state index >= 15 is 0 Å². The molecule has 0 aliphatic heterocycles. The molecule has 0 saturated heterocycles. The number of carboxylic acid groups (broad SMARTS) is 1. The van der Waals surface area contributed by atoms with Crippen molar-refractivity contribution >= 4 is 11.7 Å². The molecule has 2 N–H and O–H groups in total. The number of hydrogen-bond acceptors (Lipinski definition) is 5. The Hall–Kier alpha value is -3.80. The van der Waals surface area contributed by atoms with Crippen LogP contribution in [0.15, 0.2) is 72.8 Å². The van der Waals surface area contributed by atoms with Crippen molar-refractivity contribution in [3.05, 3.63) is 89.5 Å². The average molecular weight is 460 g/mol. The molecule has 4 rings (SSSR count). The summed E-state index contributed by atoms with van der Waals surface area (Å²) in [5, 5.41) is 17.1. The van der Waals surface area contributed by atoms with E-state index in [2.05, 4.69) is 0 Å². The SMILES string of the molecule is N=C(COc1ccc(COc2ccc(CCC(=O)O)c(OCC3CC3)c2)cc1)c1ccccc1. The molecule has 0 radical (unpaired) electrons. The normalized spacial score (nSPS) is 12.7. The van der Waals surface area contributed by atoms with E-state index < -0.39 is 5.97 Å². The molecule has 1 aliphatic rings. The number of rotatable bonds is 13. The number of benzene rings is 3. The summed E-state index contributed by atoms with van der Waals surface area (Å²) in [7, 11) is 0. The molecule has 34 heavy (non-hydrogen) atoms. The fraction of sp³-hybridized carbons (Fsp3) is 0.286. The van der Waals surface area contributed by atoms with Crippen LogP contribution in [0.1, 0.15) is 36.0 Å². The number of carboxylic acids is 1. The van der Waals surface area contributed by atoms with Gasteiger partial charge in [-0.15, -0.1) is 0 Å². The third-order valence-electron chi connectivity index (χ3n) is 5.65. The van der Waals surface area contributed by atoms with Gasteiger partial charge in [0.2, 0.25) is 0 Å². The zero-order valence-corrected chi connectivity index (χ0v) is 19.0. The van der Waals surface area contributed by atoms with Gasteiger partial charge in [0.15, 0.2) is 0 Å². The highest BCUT2D eigenvalue weighted by Crippen LogP contribution is 2.32. The Bertz CT molecular complexity index is 1110. The highest BCUT2D eigenvalue weighted by molar-refractivity contribution is 5.99. The largest absolute Gasteiger partial charge is 0.493 e. The van der Waals surface area contributed by atoms with Crippen LogP contribution in [0.4, 0.5) is 0 Å². The molecular formula is C28H29NO5. The lowest BCUT2D eigenvalue weighted by molar-refractivity contribution is -0.136. The second-order valence-corrected chi connectivity index (χ2v) is 8.48. The van der Waals surface area contributed by atoms with Crippen LogP contribution >= 0.6 is 0 Å². The molecule has 0 unspecified atom stereocenters. The second kappa shape index (κ2) is 11.4. The van der Waals surface area contributed by atoms with Crippen LogP contribution in [-0.2, 0) is 17.8 Å². The molecule has 3 aromatic rings. The lowest BCUT2D eigenvalue weighted by atomic mass is 10.1. The van der Waals surface area contributed by atoms with E-state index in [1.807, 2.05) is 72.8 Å². The van der Waals surface area contributed by atoms with E-state index in [1.165, 1.54) is 12.8 Å². The monoisotopic (exact) mass is 459 g/mol. The lowest BCUT2D eigenvalue weighted by Crippen LogP contribution is -2.11. The van der Waals surface area contributed by atoms with Gasteiger partial charge in [-0.05, 0) is 60.1 Å². The molecule has 1 saturated carbocycles. The van der Waals surface area contributed by atoms with Crippen molar-refractivity contribution in [1.82, 2.24) is 0 Å². The van der Waals surface area contributed by atoms with E-state index in [9.17, 15) is 4.79 Å². The van der Waals surface area contributed by atoms with Crippen molar-refractivity contribution in [3.8, 4) is 17.2 Å². The first-order valence-corrected chi connectivity index (χ1v) is 11.5. The molecule has 3 aromatic carbocycles. The maximum absolute atomic E-state index is 11.0. The Balaban J connectivity index is 1.30. The molecule has 0 spiro atoms. The molecule has 0 heterocycles. The summed E-state index contributed by atoms with van der Waals surface area (Å²) >= 11 is 0. The number of nitrogens with one attached hydrogen (secondary N) is 1. The minimum Gasteiger partial charge on any atom is -0.493 e. The summed E-state index contributed by atoms with van der Waals surface area (Å²) in [6.45, 7) is 1.25. The van der Waals surface area contributed by atoms with Crippen LogP contribution in [-0.4, -0.2) is 30.0 Å². The van der Waals surface area contributed by atoms with Crippen molar-refractivity contribution in [2.24, 2.45) is 5.92 Å². The predicted molar refractivity (Wildman–Crippen MR) is 130 cm³/mol. The molecule has 0 atom stereocenters. The van der Waals surface area contributed by atoms with E-state index in [4.69, 9.17) is 24.7 Å². The molecule has 0 bridgehead atoms. The van der Waals surface area contributed by atoms with Gasteiger partial charge in [-0.2, -0.15) is 0 Å².